The third-order valence-electron chi connectivity index (χ3n) is 5.95. The molecule has 2 unspecified atom stereocenters. The summed E-state index contributed by atoms with van der Waals surface area (Å²) < 4.78 is 1.16. The second kappa shape index (κ2) is 13.7. The van der Waals surface area contributed by atoms with E-state index in [0.29, 0.717) is 0 Å². The van der Waals surface area contributed by atoms with Crippen LogP contribution in [0.3, 0.4) is 0 Å². The van der Waals surface area contributed by atoms with Crippen molar-refractivity contribution in [1.82, 2.24) is 4.90 Å². The average molecular weight is 402 g/mol. The van der Waals surface area contributed by atoms with Crippen molar-refractivity contribution in [3.63, 3.8) is 0 Å². The number of rotatable bonds is 12. The first-order valence-corrected chi connectivity index (χ1v) is 13.6. The minimum atomic E-state index is 0.944. The number of nitrogens with zero attached hydrogens (tertiary/aromatic N) is 1. The van der Waals surface area contributed by atoms with E-state index in [9.17, 15) is 0 Å². The molecule has 1 aliphatic carbocycles. The largest absolute Gasteiger partial charge is 0.356 e. The Hall–Kier alpha value is 0.590. The Labute approximate surface area is 170 Å². The van der Waals surface area contributed by atoms with Crippen molar-refractivity contribution in [3.05, 3.63) is 0 Å². The van der Waals surface area contributed by atoms with Crippen LogP contribution in [0, 0.1) is 11.8 Å². The van der Waals surface area contributed by atoms with Crippen LogP contribution in [0.4, 0.5) is 0 Å². The zero-order valence-electron chi connectivity index (χ0n) is 16.3. The fraction of sp³-hybridized carbons (Fsp3) is 0.952. The van der Waals surface area contributed by atoms with E-state index < -0.39 is 0 Å². The smallest absolute Gasteiger partial charge is 0.147 e. The van der Waals surface area contributed by atoms with E-state index in [-0.39, 0.29) is 0 Å². The van der Waals surface area contributed by atoms with Crippen LogP contribution in [0.5, 0.6) is 0 Å². The molecular weight excluding hydrogens is 362 g/mol. The van der Waals surface area contributed by atoms with Gasteiger partial charge in [0.1, 0.15) is 4.32 Å². The summed E-state index contributed by atoms with van der Waals surface area (Å²) in [6, 6.07) is 0. The molecule has 0 aromatic carbocycles. The van der Waals surface area contributed by atoms with Crippen molar-refractivity contribution in [1.29, 1.82) is 0 Å². The standard InChI is InChI=1S/C21H39NS3/c1-2-3-4-5-6-7-8-9-10-13-16-24-25-21(23)22-17-19-14-11-12-15-20(19)18-22/h19-20H,2-18H2,1H3. The van der Waals surface area contributed by atoms with Crippen LogP contribution in [0.2, 0.25) is 0 Å². The third kappa shape index (κ3) is 8.88. The molecule has 0 N–H and O–H groups in total. The van der Waals surface area contributed by atoms with Gasteiger partial charge in [-0.3, -0.25) is 0 Å². The van der Waals surface area contributed by atoms with Crippen molar-refractivity contribution >= 4 is 38.1 Å². The second-order valence-electron chi connectivity index (χ2n) is 8.06. The van der Waals surface area contributed by atoms with E-state index in [0.717, 1.165) is 16.2 Å². The van der Waals surface area contributed by atoms with E-state index in [4.69, 9.17) is 12.2 Å². The van der Waals surface area contributed by atoms with Crippen LogP contribution < -0.4 is 0 Å². The Bertz CT molecular complexity index is 347. The molecule has 0 amide bonds. The molecule has 2 atom stereocenters. The Morgan fingerprint density at radius 1 is 0.840 bits per heavy atom. The van der Waals surface area contributed by atoms with E-state index in [1.54, 1.807) is 0 Å². The first-order valence-electron chi connectivity index (χ1n) is 10.9. The highest BCUT2D eigenvalue weighted by Crippen LogP contribution is 2.38. The first-order chi connectivity index (χ1) is 12.3. The minimum absolute atomic E-state index is 0.944. The molecule has 2 rings (SSSR count). The maximum absolute atomic E-state index is 5.68. The first kappa shape index (κ1) is 21.9. The summed E-state index contributed by atoms with van der Waals surface area (Å²) in [6.07, 6.45) is 20.0. The van der Waals surface area contributed by atoms with E-state index in [1.165, 1.54) is 109 Å². The lowest BCUT2D eigenvalue weighted by atomic mass is 9.82. The highest BCUT2D eigenvalue weighted by Gasteiger charge is 2.35. The summed E-state index contributed by atoms with van der Waals surface area (Å²) in [6.45, 7) is 4.78. The van der Waals surface area contributed by atoms with Crippen molar-refractivity contribution in [2.45, 2.75) is 96.8 Å². The van der Waals surface area contributed by atoms with Crippen LogP contribution in [-0.2, 0) is 0 Å². The number of thiocarbonyl (C=S) groups is 1. The lowest BCUT2D eigenvalue weighted by Crippen LogP contribution is -2.24. The molecule has 0 spiro atoms. The highest BCUT2D eigenvalue weighted by molar-refractivity contribution is 8.83. The fourth-order valence-corrected chi connectivity index (χ4v) is 6.91. The maximum atomic E-state index is 5.68. The molecular formula is C21H39NS3. The Morgan fingerprint density at radius 2 is 1.36 bits per heavy atom. The van der Waals surface area contributed by atoms with Crippen LogP contribution in [0.25, 0.3) is 0 Å². The number of hydrogen-bond donors (Lipinski definition) is 0. The normalized spacial score (nSPS) is 23.0. The van der Waals surface area contributed by atoms with E-state index in [2.05, 4.69) is 11.8 Å². The molecule has 2 fully saturated rings. The predicted molar refractivity (Wildman–Crippen MR) is 122 cm³/mol. The van der Waals surface area contributed by atoms with Gasteiger partial charge in [0, 0.05) is 18.8 Å². The summed E-state index contributed by atoms with van der Waals surface area (Å²) in [5.74, 6) is 3.15. The van der Waals surface area contributed by atoms with Crippen LogP contribution in [0.15, 0.2) is 0 Å². The zero-order chi connectivity index (χ0) is 17.7. The molecule has 25 heavy (non-hydrogen) atoms. The van der Waals surface area contributed by atoms with Crippen LogP contribution in [0.1, 0.15) is 96.8 Å². The molecule has 1 saturated heterocycles. The minimum Gasteiger partial charge on any atom is -0.356 e. The summed E-state index contributed by atoms with van der Waals surface area (Å²) >= 11 is 5.68. The highest BCUT2D eigenvalue weighted by atomic mass is 33.1. The van der Waals surface area contributed by atoms with Gasteiger partial charge in [-0.05, 0) is 41.9 Å². The van der Waals surface area contributed by atoms with Gasteiger partial charge in [0.25, 0.3) is 0 Å². The summed E-state index contributed by atoms with van der Waals surface area (Å²) in [7, 11) is 3.87. The Balaban J connectivity index is 1.37. The average Bonchev–Trinajstić information content (AvgIpc) is 3.07. The molecule has 0 aromatic rings. The summed E-state index contributed by atoms with van der Waals surface area (Å²) in [4.78, 5) is 2.51. The molecule has 0 radical (unpaired) electrons. The van der Waals surface area contributed by atoms with Gasteiger partial charge < -0.3 is 4.90 Å². The van der Waals surface area contributed by atoms with Gasteiger partial charge in [0.05, 0.1) is 0 Å². The number of likely N-dealkylation sites (tertiary alicyclic amines) is 1. The number of hydrogen-bond acceptors (Lipinski definition) is 3. The molecule has 1 aliphatic heterocycles. The SMILES string of the molecule is CCCCCCCCCCCCSSC(=S)N1CC2CCCCC2C1. The topological polar surface area (TPSA) is 3.24 Å². The summed E-state index contributed by atoms with van der Waals surface area (Å²) in [5.41, 5.74) is 0. The third-order valence-corrected chi connectivity index (χ3v) is 9.07. The van der Waals surface area contributed by atoms with Crippen molar-refractivity contribution in [2.24, 2.45) is 11.8 Å². The second-order valence-corrected chi connectivity index (χ2v) is 11.1. The molecule has 1 saturated carbocycles. The van der Waals surface area contributed by atoms with Crippen LogP contribution in [-0.4, -0.2) is 28.1 Å². The van der Waals surface area contributed by atoms with Gasteiger partial charge in [-0.15, -0.1) is 0 Å². The molecule has 1 nitrogen and oxygen atoms in total. The van der Waals surface area contributed by atoms with Gasteiger partial charge in [-0.1, -0.05) is 101 Å². The fourth-order valence-electron chi connectivity index (χ4n) is 4.35. The molecule has 146 valence electrons. The molecule has 1 heterocycles. The molecule has 4 heteroatoms. The van der Waals surface area contributed by atoms with E-state index in [1.807, 2.05) is 21.6 Å². The quantitative estimate of drug-likeness (QED) is 0.187. The van der Waals surface area contributed by atoms with Crippen molar-refractivity contribution in [2.75, 3.05) is 18.8 Å². The molecule has 2 aliphatic rings. The van der Waals surface area contributed by atoms with Gasteiger partial charge in [-0.2, -0.15) is 0 Å². The van der Waals surface area contributed by atoms with Crippen molar-refractivity contribution < 1.29 is 0 Å². The van der Waals surface area contributed by atoms with Gasteiger partial charge >= 0.3 is 0 Å². The molecule has 0 bridgehead atoms. The Morgan fingerprint density at radius 3 is 1.92 bits per heavy atom. The van der Waals surface area contributed by atoms with Crippen LogP contribution >= 0.6 is 33.8 Å². The van der Waals surface area contributed by atoms with Crippen molar-refractivity contribution in [3.8, 4) is 0 Å². The molecule has 0 aromatic heterocycles. The van der Waals surface area contributed by atoms with Gasteiger partial charge in [-0.25, -0.2) is 0 Å². The summed E-state index contributed by atoms with van der Waals surface area (Å²) in [5, 5.41) is 0. The number of unbranched alkanes of at least 4 members (excludes halogenated alkanes) is 9. The zero-order valence-corrected chi connectivity index (χ0v) is 18.8. The number of fused-ring (bicyclic) bond motifs is 1. The van der Waals surface area contributed by atoms with E-state index >= 15 is 0 Å². The van der Waals surface area contributed by atoms with Gasteiger partial charge in [0.15, 0.2) is 0 Å². The van der Waals surface area contributed by atoms with Gasteiger partial charge in [0.2, 0.25) is 0 Å². The monoisotopic (exact) mass is 401 g/mol. The predicted octanol–water partition coefficient (Wildman–Crippen LogP) is 7.70. The Kier molecular flexibility index (Phi) is 12.0. The maximum Gasteiger partial charge on any atom is 0.147 e. The lowest BCUT2D eigenvalue weighted by molar-refractivity contribution is 0.299. The lowest BCUT2D eigenvalue weighted by Gasteiger charge is -2.22.